The number of para-hydroxylation sites is 1. The molecule has 0 saturated heterocycles. The molecule has 0 fully saturated rings. The molecule has 1 heterocycles. The van der Waals surface area contributed by atoms with Crippen LogP contribution in [-0.4, -0.2) is 14.7 Å². The van der Waals surface area contributed by atoms with Crippen LogP contribution >= 0.6 is 0 Å². The van der Waals surface area contributed by atoms with Gasteiger partial charge in [-0.05, 0) is 50.5 Å². The van der Waals surface area contributed by atoms with Gasteiger partial charge in [0.1, 0.15) is 11.6 Å². The maximum atomic E-state index is 10.6. The first kappa shape index (κ1) is 16.4. The number of aryl methyl sites for hydroxylation is 4. The normalized spacial score (nSPS) is 11.2. The van der Waals surface area contributed by atoms with Crippen molar-refractivity contribution in [1.29, 1.82) is 0 Å². The standard InChI is InChI=1S/C23H22N2O/c1-14-9-8-10-15(2)20(14)25-21-17(4)22(26)16(3)13-19(21)24-23(25)18-11-6-5-7-12-18/h5-13,26H,1-4H3. The lowest BCUT2D eigenvalue weighted by molar-refractivity contribution is 0.468. The van der Waals surface area contributed by atoms with Gasteiger partial charge in [-0.3, -0.25) is 4.57 Å². The van der Waals surface area contributed by atoms with Gasteiger partial charge in [-0.2, -0.15) is 0 Å². The molecule has 0 amide bonds. The predicted octanol–water partition coefficient (Wildman–Crippen LogP) is 5.63. The average molecular weight is 342 g/mol. The minimum Gasteiger partial charge on any atom is -0.507 e. The van der Waals surface area contributed by atoms with Crippen LogP contribution in [0.2, 0.25) is 0 Å². The highest BCUT2D eigenvalue weighted by atomic mass is 16.3. The smallest absolute Gasteiger partial charge is 0.145 e. The molecule has 1 aromatic heterocycles. The van der Waals surface area contributed by atoms with Crippen LogP contribution in [0.1, 0.15) is 22.3 Å². The summed E-state index contributed by atoms with van der Waals surface area (Å²) in [5, 5.41) is 10.6. The quantitative estimate of drug-likeness (QED) is 0.512. The molecule has 0 aliphatic heterocycles. The summed E-state index contributed by atoms with van der Waals surface area (Å²) in [7, 11) is 0. The number of hydrogen-bond acceptors (Lipinski definition) is 2. The third-order valence-electron chi connectivity index (χ3n) is 5.04. The monoisotopic (exact) mass is 342 g/mol. The number of fused-ring (bicyclic) bond motifs is 1. The van der Waals surface area contributed by atoms with E-state index in [0.717, 1.165) is 39.2 Å². The molecule has 0 aliphatic carbocycles. The number of benzene rings is 3. The number of rotatable bonds is 2. The number of imidazole rings is 1. The molecule has 3 heteroatoms. The Kier molecular flexibility index (Phi) is 3.80. The van der Waals surface area contributed by atoms with Crippen molar-refractivity contribution in [2.45, 2.75) is 27.7 Å². The van der Waals surface area contributed by atoms with Crippen molar-refractivity contribution in [2.75, 3.05) is 0 Å². The van der Waals surface area contributed by atoms with Gasteiger partial charge in [0.25, 0.3) is 0 Å². The van der Waals surface area contributed by atoms with E-state index < -0.39 is 0 Å². The zero-order valence-corrected chi connectivity index (χ0v) is 15.5. The van der Waals surface area contributed by atoms with Crippen molar-refractivity contribution in [2.24, 2.45) is 0 Å². The second kappa shape index (κ2) is 6.03. The molecule has 4 aromatic rings. The Morgan fingerprint density at radius 1 is 0.808 bits per heavy atom. The Morgan fingerprint density at radius 2 is 1.46 bits per heavy atom. The zero-order chi connectivity index (χ0) is 18.4. The van der Waals surface area contributed by atoms with Gasteiger partial charge < -0.3 is 5.11 Å². The summed E-state index contributed by atoms with van der Waals surface area (Å²) in [5.41, 5.74) is 8.12. The second-order valence-corrected chi connectivity index (χ2v) is 6.91. The first-order valence-electron chi connectivity index (χ1n) is 8.82. The molecule has 26 heavy (non-hydrogen) atoms. The highest BCUT2D eigenvalue weighted by Crippen LogP contribution is 2.37. The number of phenols is 1. The summed E-state index contributed by atoms with van der Waals surface area (Å²) in [6.45, 7) is 8.12. The highest BCUT2D eigenvalue weighted by molar-refractivity contribution is 5.89. The molecule has 0 radical (unpaired) electrons. The summed E-state index contributed by atoms with van der Waals surface area (Å²) >= 11 is 0. The van der Waals surface area contributed by atoms with Crippen LogP contribution in [0, 0.1) is 27.7 Å². The third-order valence-corrected chi connectivity index (χ3v) is 5.04. The van der Waals surface area contributed by atoms with E-state index in [4.69, 9.17) is 4.98 Å². The summed E-state index contributed by atoms with van der Waals surface area (Å²) in [4.78, 5) is 4.96. The van der Waals surface area contributed by atoms with Gasteiger partial charge in [0.15, 0.2) is 0 Å². The van der Waals surface area contributed by atoms with Crippen molar-refractivity contribution in [3.8, 4) is 22.8 Å². The third kappa shape index (κ3) is 2.39. The molecular formula is C23H22N2O. The molecule has 1 N–H and O–H groups in total. The van der Waals surface area contributed by atoms with Gasteiger partial charge in [0, 0.05) is 11.1 Å². The minimum atomic E-state index is 0.337. The van der Waals surface area contributed by atoms with E-state index in [2.05, 4.69) is 48.7 Å². The Hall–Kier alpha value is -3.07. The molecule has 4 rings (SSSR count). The number of phenolic OH excluding ortho intramolecular Hbond substituents is 1. The summed E-state index contributed by atoms with van der Waals surface area (Å²) < 4.78 is 2.20. The Labute approximate surface area is 153 Å². The lowest BCUT2D eigenvalue weighted by atomic mass is 10.1. The zero-order valence-electron chi connectivity index (χ0n) is 15.5. The van der Waals surface area contributed by atoms with Crippen molar-refractivity contribution in [3.05, 3.63) is 76.9 Å². The molecule has 0 spiro atoms. The van der Waals surface area contributed by atoms with E-state index in [1.807, 2.05) is 38.1 Å². The van der Waals surface area contributed by atoms with Gasteiger partial charge in [0.2, 0.25) is 0 Å². The van der Waals surface area contributed by atoms with E-state index in [-0.39, 0.29) is 0 Å². The van der Waals surface area contributed by atoms with Gasteiger partial charge in [-0.15, -0.1) is 0 Å². The molecular weight excluding hydrogens is 320 g/mol. The Bertz CT molecular complexity index is 1100. The van der Waals surface area contributed by atoms with Gasteiger partial charge in [0.05, 0.1) is 16.7 Å². The molecule has 3 aromatic carbocycles. The van der Waals surface area contributed by atoms with Crippen LogP contribution in [-0.2, 0) is 0 Å². The van der Waals surface area contributed by atoms with Crippen LogP contribution in [0.25, 0.3) is 28.1 Å². The minimum absolute atomic E-state index is 0.337. The average Bonchev–Trinajstić information content (AvgIpc) is 2.99. The first-order valence-corrected chi connectivity index (χ1v) is 8.82. The van der Waals surface area contributed by atoms with Crippen molar-refractivity contribution in [3.63, 3.8) is 0 Å². The highest BCUT2D eigenvalue weighted by Gasteiger charge is 2.20. The predicted molar refractivity (Wildman–Crippen MR) is 107 cm³/mol. The number of aromatic hydroxyl groups is 1. The number of aromatic nitrogens is 2. The fraction of sp³-hybridized carbons (Fsp3) is 0.174. The molecule has 0 bridgehead atoms. The van der Waals surface area contributed by atoms with E-state index in [1.165, 1.54) is 11.1 Å². The van der Waals surface area contributed by atoms with Crippen LogP contribution in [0.15, 0.2) is 54.6 Å². The Morgan fingerprint density at radius 3 is 2.12 bits per heavy atom. The lowest BCUT2D eigenvalue weighted by Crippen LogP contribution is -2.03. The fourth-order valence-electron chi connectivity index (χ4n) is 3.74. The van der Waals surface area contributed by atoms with E-state index in [0.29, 0.717) is 5.75 Å². The van der Waals surface area contributed by atoms with Crippen molar-refractivity contribution >= 4 is 11.0 Å². The molecule has 3 nitrogen and oxygen atoms in total. The largest absolute Gasteiger partial charge is 0.507 e. The van der Waals surface area contributed by atoms with Crippen molar-refractivity contribution in [1.82, 2.24) is 9.55 Å². The number of nitrogens with zero attached hydrogens (tertiary/aromatic N) is 2. The van der Waals surface area contributed by atoms with E-state index >= 15 is 0 Å². The van der Waals surface area contributed by atoms with Crippen LogP contribution in [0.5, 0.6) is 5.75 Å². The van der Waals surface area contributed by atoms with E-state index in [9.17, 15) is 5.11 Å². The van der Waals surface area contributed by atoms with Crippen LogP contribution in [0.3, 0.4) is 0 Å². The van der Waals surface area contributed by atoms with Gasteiger partial charge in [-0.1, -0.05) is 48.5 Å². The maximum absolute atomic E-state index is 10.6. The SMILES string of the molecule is Cc1cc2nc(-c3ccccc3)n(-c3c(C)cccc3C)c2c(C)c1O. The molecule has 0 aliphatic rings. The van der Waals surface area contributed by atoms with Crippen LogP contribution in [0.4, 0.5) is 0 Å². The molecule has 0 atom stereocenters. The van der Waals surface area contributed by atoms with Gasteiger partial charge >= 0.3 is 0 Å². The van der Waals surface area contributed by atoms with Gasteiger partial charge in [-0.25, -0.2) is 4.98 Å². The maximum Gasteiger partial charge on any atom is 0.145 e. The summed E-state index contributed by atoms with van der Waals surface area (Å²) in [6.07, 6.45) is 0. The summed E-state index contributed by atoms with van der Waals surface area (Å²) in [6, 6.07) is 18.5. The first-order chi connectivity index (χ1) is 12.5. The lowest BCUT2D eigenvalue weighted by Gasteiger charge is -2.16. The fourth-order valence-corrected chi connectivity index (χ4v) is 3.74. The molecule has 130 valence electrons. The Balaban J connectivity index is 2.21. The van der Waals surface area contributed by atoms with Crippen LogP contribution < -0.4 is 0 Å². The molecule has 0 saturated carbocycles. The topological polar surface area (TPSA) is 38.0 Å². The second-order valence-electron chi connectivity index (χ2n) is 6.91. The molecule has 0 unspecified atom stereocenters. The van der Waals surface area contributed by atoms with Crippen molar-refractivity contribution < 1.29 is 5.11 Å². The number of hydrogen-bond donors (Lipinski definition) is 1. The van der Waals surface area contributed by atoms with E-state index in [1.54, 1.807) is 0 Å². The summed E-state index contributed by atoms with van der Waals surface area (Å²) in [5.74, 6) is 1.23.